The van der Waals surface area contributed by atoms with Crippen LogP contribution in [0.5, 0.6) is 0 Å². The van der Waals surface area contributed by atoms with Crippen LogP contribution >= 0.6 is 0 Å². The Hall–Kier alpha value is -0.260. The lowest BCUT2D eigenvalue weighted by Crippen LogP contribution is -3.00. The van der Waals surface area contributed by atoms with Gasteiger partial charge in [-0.3, -0.25) is 0 Å². The van der Waals surface area contributed by atoms with Crippen LogP contribution in [0.25, 0.3) is 0 Å². The van der Waals surface area contributed by atoms with E-state index in [1.807, 2.05) is 0 Å². The summed E-state index contributed by atoms with van der Waals surface area (Å²) < 4.78 is 0. The molecule has 2 aliphatic rings. The number of rotatable bonds is 2. The van der Waals surface area contributed by atoms with Crippen LogP contribution in [0.4, 0.5) is 0 Å². The predicted molar refractivity (Wildman–Crippen MR) is 55.4 cm³/mol. The van der Waals surface area contributed by atoms with Gasteiger partial charge in [0.05, 0.1) is 6.04 Å². The third-order valence-corrected chi connectivity index (χ3v) is 5.36. The molecular weight excluding hydrogens is 208 g/mol. The highest BCUT2D eigenvalue weighted by Gasteiger charge is 2.63. The van der Waals surface area contributed by atoms with Crippen LogP contribution in [-0.4, -0.2) is 12.6 Å². The Morgan fingerprint density at radius 3 is 2.47 bits per heavy atom. The smallest absolute Gasteiger partial charge is 0.163 e. The number of hydrogen-bond acceptors (Lipinski definition) is 1. The molecule has 0 aromatic heterocycles. The molecule has 2 saturated carbocycles. The number of halogens is 1. The maximum Gasteiger partial charge on any atom is 0.163 e. The molecule has 2 bridgehead atoms. The van der Waals surface area contributed by atoms with E-state index in [4.69, 9.17) is 5.26 Å². The molecule has 3 atom stereocenters. The molecule has 0 aromatic rings. The van der Waals surface area contributed by atoms with Gasteiger partial charge in [0.15, 0.2) is 6.54 Å². The van der Waals surface area contributed by atoms with Gasteiger partial charge in [0.2, 0.25) is 0 Å². The van der Waals surface area contributed by atoms with Crippen molar-refractivity contribution in [1.29, 1.82) is 5.26 Å². The molecule has 2 nitrogen and oxygen atoms in total. The Morgan fingerprint density at radius 1 is 1.40 bits per heavy atom. The number of hydrogen-bond donors (Lipinski definition) is 1. The highest BCUT2D eigenvalue weighted by Crippen LogP contribution is 2.64. The molecule has 0 heterocycles. The predicted octanol–water partition coefficient (Wildman–Crippen LogP) is -1.71. The maximum atomic E-state index is 8.63. The second-order valence-electron chi connectivity index (χ2n) is 5.81. The minimum absolute atomic E-state index is 0. The summed E-state index contributed by atoms with van der Waals surface area (Å²) in [6.07, 6.45) is 4.09. The molecule has 0 saturated heterocycles. The van der Waals surface area contributed by atoms with E-state index >= 15 is 0 Å². The number of quaternary nitrogens is 1. The molecule has 0 radical (unpaired) electrons. The van der Waals surface area contributed by atoms with Crippen molar-refractivity contribution in [3.05, 3.63) is 0 Å². The van der Waals surface area contributed by atoms with Gasteiger partial charge in [-0.15, -0.1) is 0 Å². The summed E-state index contributed by atoms with van der Waals surface area (Å²) in [5.41, 5.74) is 0.956. The summed E-state index contributed by atoms with van der Waals surface area (Å²) in [5, 5.41) is 10.9. The van der Waals surface area contributed by atoms with Crippen molar-refractivity contribution in [2.24, 2.45) is 16.7 Å². The summed E-state index contributed by atoms with van der Waals surface area (Å²) >= 11 is 0. The van der Waals surface area contributed by atoms with E-state index in [1.165, 1.54) is 19.3 Å². The maximum absolute atomic E-state index is 8.63. The molecule has 2 N–H and O–H groups in total. The highest BCUT2D eigenvalue weighted by molar-refractivity contribution is 5.10. The fourth-order valence-corrected chi connectivity index (χ4v) is 3.82. The monoisotopic (exact) mass is 228 g/mol. The number of fused-ring (bicyclic) bond motifs is 2. The van der Waals surface area contributed by atoms with E-state index in [1.54, 1.807) is 0 Å². The fraction of sp³-hybridized carbons (Fsp3) is 0.917. The average molecular weight is 229 g/mol. The molecule has 86 valence electrons. The number of nitrogens with zero attached hydrogens (tertiary/aromatic N) is 1. The third-order valence-electron chi connectivity index (χ3n) is 5.36. The van der Waals surface area contributed by atoms with Gasteiger partial charge >= 0.3 is 0 Å². The summed E-state index contributed by atoms with van der Waals surface area (Å²) in [7, 11) is 0. The lowest BCUT2D eigenvalue weighted by molar-refractivity contribution is -0.693. The van der Waals surface area contributed by atoms with Crippen molar-refractivity contribution < 1.29 is 17.7 Å². The molecule has 0 aliphatic heterocycles. The molecule has 0 spiro atoms. The van der Waals surface area contributed by atoms with E-state index in [0.717, 1.165) is 5.92 Å². The van der Waals surface area contributed by atoms with E-state index in [9.17, 15) is 0 Å². The second-order valence-corrected chi connectivity index (χ2v) is 5.81. The van der Waals surface area contributed by atoms with Gasteiger partial charge in [-0.2, -0.15) is 5.26 Å². The van der Waals surface area contributed by atoms with Crippen LogP contribution < -0.4 is 17.7 Å². The molecule has 3 heteroatoms. The Balaban J connectivity index is 0.00000112. The largest absolute Gasteiger partial charge is 1.00 e. The first-order chi connectivity index (χ1) is 6.52. The zero-order chi connectivity index (χ0) is 10.4. The minimum atomic E-state index is 0. The van der Waals surface area contributed by atoms with Crippen molar-refractivity contribution in [1.82, 2.24) is 0 Å². The van der Waals surface area contributed by atoms with E-state index in [-0.39, 0.29) is 12.4 Å². The number of nitriles is 1. The quantitative estimate of drug-likeness (QED) is 0.562. The topological polar surface area (TPSA) is 40.4 Å². The van der Waals surface area contributed by atoms with Crippen molar-refractivity contribution in [2.45, 2.75) is 46.1 Å². The van der Waals surface area contributed by atoms with Gasteiger partial charge in [-0.25, -0.2) is 0 Å². The van der Waals surface area contributed by atoms with E-state index in [2.05, 4.69) is 32.2 Å². The average Bonchev–Trinajstić information content (AvgIpc) is 2.46. The third kappa shape index (κ3) is 1.57. The van der Waals surface area contributed by atoms with Crippen LogP contribution in [0, 0.1) is 28.1 Å². The summed E-state index contributed by atoms with van der Waals surface area (Å²) in [4.78, 5) is 0. The van der Waals surface area contributed by atoms with Crippen molar-refractivity contribution in [2.75, 3.05) is 6.54 Å². The van der Waals surface area contributed by atoms with Gasteiger partial charge < -0.3 is 17.7 Å². The molecular formula is C12H21ClN2. The van der Waals surface area contributed by atoms with Crippen molar-refractivity contribution in [3.8, 4) is 6.07 Å². The molecule has 0 aromatic carbocycles. The minimum Gasteiger partial charge on any atom is -1.00 e. The normalized spacial score (nSPS) is 40.9. The van der Waals surface area contributed by atoms with Crippen LogP contribution in [0.1, 0.15) is 40.0 Å². The van der Waals surface area contributed by atoms with Crippen molar-refractivity contribution in [3.63, 3.8) is 0 Å². The first-order valence-electron chi connectivity index (χ1n) is 5.72. The zero-order valence-corrected chi connectivity index (χ0v) is 10.6. The molecule has 0 amide bonds. The SMILES string of the molecule is CC1(C)C2CCC1(C)C([NH2+]CC#N)C2.[Cl-]. The fourth-order valence-electron chi connectivity index (χ4n) is 3.82. The highest BCUT2D eigenvalue weighted by atomic mass is 35.5. The summed E-state index contributed by atoms with van der Waals surface area (Å²) in [5.74, 6) is 0.896. The van der Waals surface area contributed by atoms with Crippen LogP contribution in [0.15, 0.2) is 0 Å². The lowest BCUT2D eigenvalue weighted by atomic mass is 9.69. The van der Waals surface area contributed by atoms with Gasteiger partial charge in [-0.05, 0) is 24.2 Å². The molecule has 3 unspecified atom stereocenters. The molecule has 2 fully saturated rings. The van der Waals surface area contributed by atoms with E-state index in [0.29, 0.717) is 23.4 Å². The standard InChI is InChI=1S/C12H20N2.ClH/c1-11(2)9-4-5-12(11,3)10(8-9)14-7-6-13;/h9-10,14H,4-5,7-8H2,1-3H3;1H. The van der Waals surface area contributed by atoms with Gasteiger partial charge in [0.25, 0.3) is 0 Å². The lowest BCUT2D eigenvalue weighted by Gasteiger charge is -2.36. The molecule has 15 heavy (non-hydrogen) atoms. The van der Waals surface area contributed by atoms with Gasteiger partial charge in [-0.1, -0.05) is 20.8 Å². The summed E-state index contributed by atoms with van der Waals surface area (Å²) in [6.45, 7) is 7.90. The van der Waals surface area contributed by atoms with Gasteiger partial charge in [0, 0.05) is 11.8 Å². The van der Waals surface area contributed by atoms with E-state index < -0.39 is 0 Å². The molecule has 2 rings (SSSR count). The van der Waals surface area contributed by atoms with Crippen molar-refractivity contribution >= 4 is 0 Å². The summed E-state index contributed by atoms with van der Waals surface area (Å²) in [6, 6.07) is 2.93. The number of nitrogens with two attached hydrogens (primary N) is 1. The first kappa shape index (κ1) is 12.8. The Labute approximate surface area is 98.8 Å². The molecule has 2 aliphatic carbocycles. The van der Waals surface area contributed by atoms with Crippen LogP contribution in [0.2, 0.25) is 0 Å². The second kappa shape index (κ2) is 3.96. The zero-order valence-electron chi connectivity index (χ0n) is 9.89. The van der Waals surface area contributed by atoms with Gasteiger partial charge in [0.1, 0.15) is 6.07 Å². The Bertz CT molecular complexity index is 282. The Morgan fingerprint density at radius 2 is 2.07 bits per heavy atom. The van der Waals surface area contributed by atoms with Crippen LogP contribution in [-0.2, 0) is 0 Å². The first-order valence-corrected chi connectivity index (χ1v) is 5.72. The Kier molecular flexibility index (Phi) is 3.38. The van der Waals surface area contributed by atoms with Crippen LogP contribution in [0.3, 0.4) is 0 Å².